The smallest absolute Gasteiger partial charge is 0.396 e. The fourth-order valence-corrected chi connectivity index (χ4v) is 2.43. The van der Waals surface area contributed by atoms with Crippen LogP contribution in [0.1, 0.15) is 18.4 Å². The first-order valence-electron chi connectivity index (χ1n) is 5.94. The zero-order valence-electron chi connectivity index (χ0n) is 9.79. The second kappa shape index (κ2) is 3.98. The third-order valence-electron chi connectivity index (χ3n) is 3.20. The van der Waals surface area contributed by atoms with Gasteiger partial charge in [0.25, 0.3) is 0 Å². The first-order valence-corrected chi connectivity index (χ1v) is 5.94. The molecule has 1 aromatic rings. The minimum absolute atomic E-state index is 0.0224. The Morgan fingerprint density at radius 1 is 1.22 bits per heavy atom. The molecule has 0 saturated carbocycles. The summed E-state index contributed by atoms with van der Waals surface area (Å²) in [4.78, 5) is 2.26. The lowest BCUT2D eigenvalue weighted by molar-refractivity contribution is -0.286. The predicted octanol–water partition coefficient (Wildman–Crippen LogP) is 2.19. The van der Waals surface area contributed by atoms with E-state index in [0.29, 0.717) is 6.54 Å². The van der Waals surface area contributed by atoms with E-state index in [2.05, 4.69) is 14.4 Å². The molecule has 1 saturated heterocycles. The Bertz CT molecular complexity index is 473. The van der Waals surface area contributed by atoms with Crippen molar-refractivity contribution in [3.05, 3.63) is 17.7 Å². The lowest BCUT2D eigenvalue weighted by atomic mass is 10.1. The number of nitrogen functional groups attached to an aromatic ring is 1. The van der Waals surface area contributed by atoms with Crippen molar-refractivity contribution in [2.75, 3.05) is 18.8 Å². The van der Waals surface area contributed by atoms with Gasteiger partial charge < -0.3 is 15.2 Å². The molecule has 1 fully saturated rings. The number of rotatable bonds is 2. The Hall–Kier alpha value is -1.56. The van der Waals surface area contributed by atoms with Gasteiger partial charge in [0, 0.05) is 6.54 Å². The number of alkyl halides is 2. The van der Waals surface area contributed by atoms with Gasteiger partial charge in [-0.2, -0.15) is 0 Å². The molecule has 1 aromatic carbocycles. The first-order chi connectivity index (χ1) is 8.53. The van der Waals surface area contributed by atoms with Crippen LogP contribution in [0.3, 0.4) is 0 Å². The van der Waals surface area contributed by atoms with Crippen LogP contribution in [0.2, 0.25) is 0 Å². The fourth-order valence-electron chi connectivity index (χ4n) is 2.43. The lowest BCUT2D eigenvalue weighted by Crippen LogP contribution is -2.26. The summed E-state index contributed by atoms with van der Waals surface area (Å²) in [6, 6.07) is 3.24. The van der Waals surface area contributed by atoms with E-state index in [-0.39, 0.29) is 17.2 Å². The van der Waals surface area contributed by atoms with E-state index in [4.69, 9.17) is 5.73 Å². The van der Waals surface area contributed by atoms with Crippen LogP contribution < -0.4 is 15.2 Å². The molecule has 2 aliphatic heterocycles. The van der Waals surface area contributed by atoms with Gasteiger partial charge in [-0.25, -0.2) is 0 Å². The molecule has 3 rings (SSSR count). The summed E-state index contributed by atoms with van der Waals surface area (Å²) in [6.07, 6.45) is -1.25. The van der Waals surface area contributed by atoms with Crippen LogP contribution in [0.4, 0.5) is 14.5 Å². The Morgan fingerprint density at radius 3 is 2.67 bits per heavy atom. The molecule has 98 valence electrons. The summed E-state index contributed by atoms with van der Waals surface area (Å²) in [6.45, 7) is 2.77. The van der Waals surface area contributed by atoms with Crippen molar-refractivity contribution in [3.8, 4) is 11.5 Å². The van der Waals surface area contributed by atoms with Gasteiger partial charge >= 0.3 is 6.29 Å². The van der Waals surface area contributed by atoms with Gasteiger partial charge in [0.1, 0.15) is 0 Å². The largest absolute Gasteiger partial charge is 0.586 e. The molecule has 0 spiro atoms. The van der Waals surface area contributed by atoms with Gasteiger partial charge in [0.2, 0.25) is 0 Å². The highest BCUT2D eigenvalue weighted by atomic mass is 19.3. The third-order valence-corrected chi connectivity index (χ3v) is 3.20. The normalized spacial score (nSPS) is 21.4. The molecule has 0 bridgehead atoms. The van der Waals surface area contributed by atoms with E-state index in [9.17, 15) is 8.78 Å². The van der Waals surface area contributed by atoms with Gasteiger partial charge in [-0.3, -0.25) is 4.90 Å². The van der Waals surface area contributed by atoms with Crippen molar-refractivity contribution in [1.82, 2.24) is 4.90 Å². The molecule has 4 nitrogen and oxygen atoms in total. The van der Waals surface area contributed by atoms with Crippen LogP contribution in [0.5, 0.6) is 11.5 Å². The summed E-state index contributed by atoms with van der Waals surface area (Å²) in [7, 11) is 0. The molecule has 0 aromatic heterocycles. The molecule has 2 heterocycles. The van der Waals surface area contributed by atoms with Crippen molar-refractivity contribution in [3.63, 3.8) is 0 Å². The zero-order valence-corrected chi connectivity index (χ0v) is 9.79. The van der Waals surface area contributed by atoms with Crippen molar-refractivity contribution in [2.24, 2.45) is 0 Å². The molecule has 0 unspecified atom stereocenters. The Labute approximate surface area is 103 Å². The molecule has 2 aliphatic rings. The second-order valence-electron chi connectivity index (χ2n) is 4.66. The van der Waals surface area contributed by atoms with Crippen molar-refractivity contribution in [2.45, 2.75) is 25.7 Å². The standard InChI is InChI=1S/C12H14F2N2O2/c13-12(14)17-10-6-8(5-9(15)11(10)18-12)7-16-3-1-2-4-16/h5-6H,1-4,7,15H2. The van der Waals surface area contributed by atoms with Crippen LogP contribution in [0.25, 0.3) is 0 Å². The van der Waals surface area contributed by atoms with E-state index in [1.165, 1.54) is 12.8 Å². The number of nitrogens with zero attached hydrogens (tertiary/aromatic N) is 1. The van der Waals surface area contributed by atoms with Crippen LogP contribution >= 0.6 is 0 Å². The van der Waals surface area contributed by atoms with Crippen molar-refractivity contribution >= 4 is 5.69 Å². The molecule has 0 atom stereocenters. The molecular formula is C12H14F2N2O2. The number of anilines is 1. The maximum absolute atomic E-state index is 12.9. The lowest BCUT2D eigenvalue weighted by Gasteiger charge is -2.15. The highest BCUT2D eigenvalue weighted by molar-refractivity contribution is 5.63. The molecule has 2 N–H and O–H groups in total. The third kappa shape index (κ3) is 2.08. The Kier molecular flexibility index (Phi) is 2.55. The number of benzene rings is 1. The number of hydrogen-bond acceptors (Lipinski definition) is 4. The van der Waals surface area contributed by atoms with Crippen LogP contribution in [0, 0.1) is 0 Å². The maximum atomic E-state index is 12.9. The number of nitrogens with two attached hydrogens (primary N) is 1. The van der Waals surface area contributed by atoms with Gasteiger partial charge in [-0.1, -0.05) is 0 Å². The molecule has 18 heavy (non-hydrogen) atoms. The van der Waals surface area contributed by atoms with Crippen LogP contribution in [0.15, 0.2) is 12.1 Å². The van der Waals surface area contributed by atoms with Crippen LogP contribution in [-0.4, -0.2) is 24.3 Å². The van der Waals surface area contributed by atoms with Gasteiger partial charge in [0.05, 0.1) is 5.69 Å². The van der Waals surface area contributed by atoms with Gasteiger partial charge in [-0.05, 0) is 43.6 Å². The molecule has 6 heteroatoms. The molecule has 0 radical (unpaired) electrons. The zero-order chi connectivity index (χ0) is 12.8. The predicted molar refractivity (Wildman–Crippen MR) is 61.6 cm³/mol. The minimum Gasteiger partial charge on any atom is -0.396 e. The first kappa shape index (κ1) is 11.5. The summed E-state index contributed by atoms with van der Waals surface area (Å²) in [5.41, 5.74) is 6.77. The number of likely N-dealkylation sites (tertiary alicyclic amines) is 1. The van der Waals surface area contributed by atoms with E-state index in [1.807, 2.05) is 0 Å². The van der Waals surface area contributed by atoms with Crippen LogP contribution in [-0.2, 0) is 6.54 Å². The van der Waals surface area contributed by atoms with Gasteiger partial charge in [-0.15, -0.1) is 8.78 Å². The molecular weight excluding hydrogens is 242 g/mol. The minimum atomic E-state index is -3.61. The number of halogens is 2. The Morgan fingerprint density at radius 2 is 1.94 bits per heavy atom. The van der Waals surface area contributed by atoms with E-state index in [1.54, 1.807) is 12.1 Å². The highest BCUT2D eigenvalue weighted by Gasteiger charge is 2.44. The van der Waals surface area contributed by atoms with E-state index in [0.717, 1.165) is 18.7 Å². The van der Waals surface area contributed by atoms with Crippen molar-refractivity contribution in [1.29, 1.82) is 0 Å². The number of fused-ring (bicyclic) bond motifs is 1. The molecule has 0 amide bonds. The average Bonchev–Trinajstić information content (AvgIpc) is 2.85. The second-order valence-corrected chi connectivity index (χ2v) is 4.66. The summed E-state index contributed by atoms with van der Waals surface area (Å²) in [5, 5.41) is 0. The monoisotopic (exact) mass is 256 g/mol. The molecule has 0 aliphatic carbocycles. The Balaban J connectivity index is 1.84. The SMILES string of the molecule is Nc1cc(CN2CCCC2)cc2c1OC(F)(F)O2. The topological polar surface area (TPSA) is 47.7 Å². The summed E-state index contributed by atoms with van der Waals surface area (Å²) < 4.78 is 34.7. The average molecular weight is 256 g/mol. The van der Waals surface area contributed by atoms with E-state index >= 15 is 0 Å². The summed E-state index contributed by atoms with van der Waals surface area (Å²) in [5.74, 6) is -0.0423. The van der Waals surface area contributed by atoms with Gasteiger partial charge in [0.15, 0.2) is 11.5 Å². The maximum Gasteiger partial charge on any atom is 0.586 e. The van der Waals surface area contributed by atoms with Crippen molar-refractivity contribution < 1.29 is 18.3 Å². The van der Waals surface area contributed by atoms with E-state index < -0.39 is 6.29 Å². The highest BCUT2D eigenvalue weighted by Crippen LogP contribution is 2.45. The summed E-state index contributed by atoms with van der Waals surface area (Å²) >= 11 is 0. The number of hydrogen-bond donors (Lipinski definition) is 1. The number of ether oxygens (including phenoxy) is 2. The quantitative estimate of drug-likeness (QED) is 0.824. The fraction of sp³-hybridized carbons (Fsp3) is 0.500.